The quantitative estimate of drug-likeness (QED) is 0.805. The summed E-state index contributed by atoms with van der Waals surface area (Å²) >= 11 is 0. The molecule has 1 aliphatic carbocycles. The van der Waals surface area contributed by atoms with Crippen molar-refractivity contribution in [3.05, 3.63) is 41.9 Å². The van der Waals surface area contributed by atoms with Crippen LogP contribution in [0.25, 0.3) is 22.0 Å². The lowest BCUT2D eigenvalue weighted by molar-refractivity contribution is 0.0698. The highest BCUT2D eigenvalue weighted by Crippen LogP contribution is 2.37. The summed E-state index contributed by atoms with van der Waals surface area (Å²) in [6.07, 6.45) is 6.32. The zero-order valence-electron chi connectivity index (χ0n) is 12.6. The molecule has 0 aliphatic heterocycles. The number of carboxylic acids is 1. The summed E-state index contributed by atoms with van der Waals surface area (Å²) in [5.41, 5.74) is 4.17. The predicted molar refractivity (Wildman–Crippen MR) is 84.1 cm³/mol. The maximum absolute atomic E-state index is 11.6. The summed E-state index contributed by atoms with van der Waals surface area (Å²) in [5, 5.41) is 14.7. The van der Waals surface area contributed by atoms with Crippen LogP contribution in [0.2, 0.25) is 0 Å². The Morgan fingerprint density at radius 1 is 1.36 bits per heavy atom. The molecule has 1 saturated carbocycles. The number of hydrogen-bond acceptors (Lipinski definition) is 2. The monoisotopic (exact) mass is 295 g/mol. The molecule has 2 heterocycles. The molecule has 1 aliphatic rings. The van der Waals surface area contributed by atoms with Crippen molar-refractivity contribution < 1.29 is 9.90 Å². The minimum absolute atomic E-state index is 0.383. The normalized spacial score (nSPS) is 14.6. The van der Waals surface area contributed by atoms with Crippen molar-refractivity contribution in [2.75, 3.05) is 0 Å². The van der Waals surface area contributed by atoms with Gasteiger partial charge in [-0.05, 0) is 19.8 Å². The van der Waals surface area contributed by atoms with Crippen LogP contribution >= 0.6 is 0 Å². The second kappa shape index (κ2) is 4.47. The lowest BCUT2D eigenvalue weighted by atomic mass is 10.0. The summed E-state index contributed by atoms with van der Waals surface area (Å²) in [4.78, 5) is 11.6. The smallest absolute Gasteiger partial charge is 0.338 e. The Kier molecular flexibility index (Phi) is 2.66. The number of para-hydroxylation sites is 1. The molecule has 0 saturated heterocycles. The lowest BCUT2D eigenvalue weighted by Crippen LogP contribution is -1.99. The Labute approximate surface area is 127 Å². The number of rotatable bonds is 3. The third kappa shape index (κ3) is 1.78. The van der Waals surface area contributed by atoms with E-state index in [0.717, 1.165) is 27.7 Å². The van der Waals surface area contributed by atoms with E-state index in [1.54, 1.807) is 0 Å². The van der Waals surface area contributed by atoms with Gasteiger partial charge >= 0.3 is 5.97 Å². The molecule has 3 aromatic rings. The molecule has 0 atom stereocenters. The third-order valence-corrected chi connectivity index (χ3v) is 4.55. The van der Waals surface area contributed by atoms with Crippen LogP contribution in [0.1, 0.15) is 34.9 Å². The van der Waals surface area contributed by atoms with Crippen molar-refractivity contribution in [1.29, 1.82) is 0 Å². The van der Waals surface area contributed by atoms with Gasteiger partial charge in [-0.1, -0.05) is 18.2 Å². The van der Waals surface area contributed by atoms with Crippen molar-refractivity contribution in [3.8, 4) is 11.1 Å². The summed E-state index contributed by atoms with van der Waals surface area (Å²) in [6, 6.07) is 6.36. The fraction of sp³-hybridized carbons (Fsp3) is 0.294. The molecule has 1 N–H and O–H groups in total. The van der Waals surface area contributed by atoms with Gasteiger partial charge in [-0.2, -0.15) is 5.10 Å². The first kappa shape index (κ1) is 13.1. The van der Waals surface area contributed by atoms with Gasteiger partial charge in [0.05, 0.1) is 23.3 Å². The van der Waals surface area contributed by atoms with Crippen molar-refractivity contribution in [1.82, 2.24) is 14.3 Å². The number of nitrogens with zero attached hydrogens (tertiary/aromatic N) is 3. The highest BCUT2D eigenvalue weighted by atomic mass is 16.4. The molecule has 2 aromatic heterocycles. The fourth-order valence-corrected chi connectivity index (χ4v) is 3.16. The third-order valence-electron chi connectivity index (χ3n) is 4.55. The standard InChI is InChI=1S/C17H17N3O2/c1-10-15(17(21)22)14-5-3-4-13(16(14)19(10)2)11-8-18-20(9-11)12-6-7-12/h3-5,8-9,12H,6-7H2,1-2H3,(H,21,22). The fourth-order valence-electron chi connectivity index (χ4n) is 3.16. The molecule has 0 amide bonds. The molecule has 0 unspecified atom stereocenters. The van der Waals surface area contributed by atoms with E-state index >= 15 is 0 Å². The second-order valence-corrected chi connectivity index (χ2v) is 5.97. The first-order valence-electron chi connectivity index (χ1n) is 7.43. The van der Waals surface area contributed by atoms with Crippen molar-refractivity contribution >= 4 is 16.9 Å². The van der Waals surface area contributed by atoms with Crippen LogP contribution in [0.4, 0.5) is 0 Å². The average molecular weight is 295 g/mol. The number of aromatic carboxylic acids is 1. The largest absolute Gasteiger partial charge is 0.478 e. The van der Waals surface area contributed by atoms with E-state index in [4.69, 9.17) is 0 Å². The van der Waals surface area contributed by atoms with Crippen LogP contribution in [0, 0.1) is 6.92 Å². The van der Waals surface area contributed by atoms with Gasteiger partial charge in [0, 0.05) is 35.5 Å². The highest BCUT2D eigenvalue weighted by molar-refractivity contribution is 6.08. The van der Waals surface area contributed by atoms with Crippen molar-refractivity contribution in [2.45, 2.75) is 25.8 Å². The summed E-state index contributed by atoms with van der Waals surface area (Å²) in [5.74, 6) is -0.881. The molecule has 5 nitrogen and oxygen atoms in total. The molecule has 5 heteroatoms. The minimum atomic E-state index is -0.881. The van der Waals surface area contributed by atoms with E-state index < -0.39 is 5.97 Å². The van der Waals surface area contributed by atoms with Gasteiger partial charge in [-0.15, -0.1) is 0 Å². The van der Waals surface area contributed by atoms with Gasteiger partial charge in [0.15, 0.2) is 0 Å². The Balaban J connectivity index is 1.97. The van der Waals surface area contributed by atoms with Crippen LogP contribution in [0.3, 0.4) is 0 Å². The van der Waals surface area contributed by atoms with Crippen LogP contribution in [-0.4, -0.2) is 25.4 Å². The van der Waals surface area contributed by atoms with E-state index in [2.05, 4.69) is 11.3 Å². The molecule has 0 spiro atoms. The number of carbonyl (C=O) groups is 1. The molecule has 0 bridgehead atoms. The van der Waals surface area contributed by atoms with Gasteiger partial charge in [0.1, 0.15) is 0 Å². The Morgan fingerprint density at radius 2 is 2.14 bits per heavy atom. The lowest BCUT2D eigenvalue weighted by Gasteiger charge is -2.05. The number of hydrogen-bond donors (Lipinski definition) is 1. The maximum atomic E-state index is 11.6. The van der Waals surface area contributed by atoms with Crippen LogP contribution in [0.5, 0.6) is 0 Å². The number of aryl methyl sites for hydroxylation is 1. The van der Waals surface area contributed by atoms with E-state index in [-0.39, 0.29) is 0 Å². The zero-order chi connectivity index (χ0) is 15.4. The highest BCUT2D eigenvalue weighted by Gasteiger charge is 2.25. The molecule has 22 heavy (non-hydrogen) atoms. The van der Waals surface area contributed by atoms with E-state index in [1.807, 2.05) is 47.6 Å². The zero-order valence-corrected chi connectivity index (χ0v) is 12.6. The number of benzene rings is 1. The van der Waals surface area contributed by atoms with Gasteiger partial charge in [0.25, 0.3) is 0 Å². The first-order chi connectivity index (χ1) is 10.6. The van der Waals surface area contributed by atoms with Gasteiger partial charge in [-0.3, -0.25) is 4.68 Å². The summed E-state index contributed by atoms with van der Waals surface area (Å²) < 4.78 is 3.98. The summed E-state index contributed by atoms with van der Waals surface area (Å²) in [7, 11) is 1.92. The topological polar surface area (TPSA) is 60.0 Å². The van der Waals surface area contributed by atoms with E-state index in [0.29, 0.717) is 11.6 Å². The van der Waals surface area contributed by atoms with Crippen molar-refractivity contribution in [2.24, 2.45) is 7.05 Å². The molecular weight excluding hydrogens is 278 g/mol. The Morgan fingerprint density at radius 3 is 2.82 bits per heavy atom. The van der Waals surface area contributed by atoms with Crippen molar-refractivity contribution in [3.63, 3.8) is 0 Å². The predicted octanol–water partition coefficient (Wildman–Crippen LogP) is 3.38. The molecule has 1 fully saturated rings. The first-order valence-corrected chi connectivity index (χ1v) is 7.43. The Hall–Kier alpha value is -2.56. The summed E-state index contributed by atoms with van der Waals surface area (Å²) in [6.45, 7) is 1.85. The molecule has 1 aromatic carbocycles. The molecular formula is C17H17N3O2. The number of aromatic nitrogens is 3. The van der Waals surface area contributed by atoms with E-state index in [1.165, 1.54) is 12.8 Å². The van der Waals surface area contributed by atoms with Gasteiger partial charge < -0.3 is 9.67 Å². The van der Waals surface area contributed by atoms with Gasteiger partial charge in [-0.25, -0.2) is 4.79 Å². The molecule has 4 rings (SSSR count). The molecule has 0 radical (unpaired) electrons. The number of fused-ring (bicyclic) bond motifs is 1. The maximum Gasteiger partial charge on any atom is 0.338 e. The van der Waals surface area contributed by atoms with E-state index in [9.17, 15) is 9.90 Å². The van der Waals surface area contributed by atoms with Crippen LogP contribution < -0.4 is 0 Å². The minimum Gasteiger partial charge on any atom is -0.478 e. The number of carboxylic acid groups (broad SMARTS) is 1. The van der Waals surface area contributed by atoms with Gasteiger partial charge in [0.2, 0.25) is 0 Å². The molecule has 112 valence electrons. The second-order valence-electron chi connectivity index (χ2n) is 5.97. The van der Waals surface area contributed by atoms with Crippen LogP contribution in [0.15, 0.2) is 30.6 Å². The van der Waals surface area contributed by atoms with Crippen LogP contribution in [-0.2, 0) is 7.05 Å². The average Bonchev–Trinajstić information content (AvgIpc) is 3.17. The SMILES string of the molecule is Cc1c(C(=O)O)c2cccc(-c3cnn(C4CC4)c3)c2n1C. The Bertz CT molecular complexity index is 900.